The monoisotopic (exact) mass is 285 g/mol. The van der Waals surface area contributed by atoms with Crippen molar-refractivity contribution in [1.29, 1.82) is 0 Å². The standard InChI is InChI=1S/C16H12ClNO2/c1-20-12-5-6-13-14(16(19)18-15(13)9-12)8-10-3-2-4-11(17)7-10/h2-9H,1H3,(H,18,19). The zero-order chi connectivity index (χ0) is 14.1. The van der Waals surface area contributed by atoms with E-state index in [4.69, 9.17) is 16.3 Å². The van der Waals surface area contributed by atoms with Crippen LogP contribution >= 0.6 is 11.6 Å². The molecular weight excluding hydrogens is 274 g/mol. The van der Waals surface area contributed by atoms with E-state index in [1.54, 1.807) is 13.2 Å². The highest BCUT2D eigenvalue weighted by atomic mass is 35.5. The van der Waals surface area contributed by atoms with Gasteiger partial charge in [-0.05, 0) is 35.9 Å². The van der Waals surface area contributed by atoms with Gasteiger partial charge in [0.25, 0.3) is 5.91 Å². The van der Waals surface area contributed by atoms with Crippen LogP contribution in [-0.2, 0) is 4.79 Å². The second-order valence-corrected chi connectivity index (χ2v) is 4.92. The van der Waals surface area contributed by atoms with E-state index in [2.05, 4.69) is 5.32 Å². The van der Waals surface area contributed by atoms with Crippen LogP contribution in [-0.4, -0.2) is 13.0 Å². The second kappa shape index (κ2) is 5.02. The number of hydrogen-bond donors (Lipinski definition) is 1. The molecule has 0 spiro atoms. The van der Waals surface area contributed by atoms with E-state index in [0.29, 0.717) is 16.3 Å². The SMILES string of the molecule is COc1ccc2c(c1)NC(=O)C2=Cc1cccc(Cl)c1. The molecular formula is C16H12ClNO2. The molecule has 3 rings (SSSR count). The minimum absolute atomic E-state index is 0.117. The molecule has 0 radical (unpaired) electrons. The fraction of sp³-hybridized carbons (Fsp3) is 0.0625. The highest BCUT2D eigenvalue weighted by molar-refractivity contribution is 6.35. The van der Waals surface area contributed by atoms with Crippen LogP contribution in [0.2, 0.25) is 5.02 Å². The molecule has 0 saturated heterocycles. The number of ether oxygens (including phenoxy) is 1. The Morgan fingerprint density at radius 1 is 1.20 bits per heavy atom. The number of carbonyl (C=O) groups excluding carboxylic acids is 1. The van der Waals surface area contributed by atoms with Gasteiger partial charge in [0.1, 0.15) is 5.75 Å². The van der Waals surface area contributed by atoms with Gasteiger partial charge in [-0.15, -0.1) is 0 Å². The first-order valence-corrected chi connectivity index (χ1v) is 6.52. The van der Waals surface area contributed by atoms with Crippen molar-refractivity contribution in [3.8, 4) is 5.75 Å². The summed E-state index contributed by atoms with van der Waals surface area (Å²) in [5.74, 6) is 0.598. The maximum Gasteiger partial charge on any atom is 0.256 e. The quantitative estimate of drug-likeness (QED) is 0.851. The molecule has 0 saturated carbocycles. The third kappa shape index (κ3) is 2.28. The van der Waals surface area contributed by atoms with Gasteiger partial charge in [0.05, 0.1) is 12.8 Å². The molecule has 2 aromatic rings. The second-order valence-electron chi connectivity index (χ2n) is 4.48. The number of halogens is 1. The lowest BCUT2D eigenvalue weighted by molar-refractivity contribution is -0.110. The summed E-state index contributed by atoms with van der Waals surface area (Å²) in [6.07, 6.45) is 1.83. The van der Waals surface area contributed by atoms with Crippen molar-refractivity contribution in [3.63, 3.8) is 0 Å². The third-order valence-electron chi connectivity index (χ3n) is 3.17. The molecule has 1 aliphatic rings. The Morgan fingerprint density at radius 3 is 2.80 bits per heavy atom. The maximum atomic E-state index is 12.1. The number of benzene rings is 2. The fourth-order valence-corrected chi connectivity index (χ4v) is 2.41. The van der Waals surface area contributed by atoms with Gasteiger partial charge in [-0.1, -0.05) is 23.7 Å². The molecule has 20 heavy (non-hydrogen) atoms. The van der Waals surface area contributed by atoms with E-state index >= 15 is 0 Å². The Bertz CT molecular complexity index is 722. The lowest BCUT2D eigenvalue weighted by Gasteiger charge is -2.02. The van der Waals surface area contributed by atoms with E-state index in [1.807, 2.05) is 42.5 Å². The number of anilines is 1. The van der Waals surface area contributed by atoms with Crippen LogP contribution in [0.15, 0.2) is 42.5 Å². The Labute approximate surface area is 121 Å². The van der Waals surface area contributed by atoms with E-state index in [9.17, 15) is 4.79 Å². The van der Waals surface area contributed by atoms with Crippen LogP contribution in [0.1, 0.15) is 11.1 Å². The minimum atomic E-state index is -0.117. The molecule has 0 aromatic heterocycles. The van der Waals surface area contributed by atoms with Crippen LogP contribution in [0.25, 0.3) is 11.6 Å². The largest absolute Gasteiger partial charge is 0.497 e. The van der Waals surface area contributed by atoms with Gasteiger partial charge in [-0.2, -0.15) is 0 Å². The molecule has 0 unspecified atom stereocenters. The molecule has 1 amide bonds. The van der Waals surface area contributed by atoms with Gasteiger partial charge in [-0.25, -0.2) is 0 Å². The number of nitrogens with one attached hydrogen (secondary N) is 1. The molecule has 4 heteroatoms. The van der Waals surface area contributed by atoms with Crippen LogP contribution in [0.4, 0.5) is 5.69 Å². The Kier molecular flexibility index (Phi) is 3.20. The molecule has 0 aliphatic carbocycles. The summed E-state index contributed by atoms with van der Waals surface area (Å²) in [7, 11) is 1.60. The molecule has 0 fully saturated rings. The first-order valence-electron chi connectivity index (χ1n) is 6.14. The first kappa shape index (κ1) is 12.8. The van der Waals surface area contributed by atoms with Crippen LogP contribution in [0.5, 0.6) is 5.75 Å². The number of methoxy groups -OCH3 is 1. The summed E-state index contributed by atoms with van der Waals surface area (Å²) >= 11 is 5.96. The van der Waals surface area contributed by atoms with Crippen LogP contribution in [0.3, 0.4) is 0 Å². The topological polar surface area (TPSA) is 38.3 Å². The number of hydrogen-bond acceptors (Lipinski definition) is 2. The zero-order valence-electron chi connectivity index (χ0n) is 10.8. The molecule has 1 N–H and O–H groups in total. The predicted octanol–water partition coefficient (Wildman–Crippen LogP) is 3.84. The van der Waals surface area contributed by atoms with Gasteiger partial charge in [0, 0.05) is 22.2 Å². The molecule has 3 nitrogen and oxygen atoms in total. The molecule has 0 bridgehead atoms. The maximum absolute atomic E-state index is 12.1. The average Bonchev–Trinajstić information content (AvgIpc) is 2.74. The van der Waals surface area contributed by atoms with Gasteiger partial charge in [-0.3, -0.25) is 4.79 Å². The minimum Gasteiger partial charge on any atom is -0.497 e. The van der Waals surface area contributed by atoms with E-state index in [1.165, 1.54) is 0 Å². The molecule has 0 atom stereocenters. The summed E-state index contributed by atoms with van der Waals surface area (Å²) in [6, 6.07) is 12.9. The van der Waals surface area contributed by atoms with Gasteiger partial charge < -0.3 is 10.1 Å². The molecule has 100 valence electrons. The van der Waals surface area contributed by atoms with Crippen molar-refractivity contribution in [2.24, 2.45) is 0 Å². The lowest BCUT2D eigenvalue weighted by Crippen LogP contribution is -2.03. The average molecular weight is 286 g/mol. The Hall–Kier alpha value is -2.26. The number of rotatable bonds is 2. The Morgan fingerprint density at radius 2 is 2.05 bits per heavy atom. The molecule has 1 heterocycles. The van der Waals surface area contributed by atoms with E-state index in [0.717, 1.165) is 16.8 Å². The van der Waals surface area contributed by atoms with Crippen molar-refractivity contribution >= 4 is 34.8 Å². The highest BCUT2D eigenvalue weighted by Gasteiger charge is 2.24. The van der Waals surface area contributed by atoms with E-state index < -0.39 is 0 Å². The van der Waals surface area contributed by atoms with Crippen LogP contribution in [0, 0.1) is 0 Å². The number of fused-ring (bicyclic) bond motifs is 1. The number of carbonyl (C=O) groups is 1. The van der Waals surface area contributed by atoms with Crippen molar-refractivity contribution in [1.82, 2.24) is 0 Å². The summed E-state index contributed by atoms with van der Waals surface area (Å²) in [4.78, 5) is 12.1. The molecule has 2 aromatic carbocycles. The lowest BCUT2D eigenvalue weighted by atomic mass is 10.0. The van der Waals surface area contributed by atoms with Gasteiger partial charge in [0.15, 0.2) is 0 Å². The van der Waals surface area contributed by atoms with Crippen molar-refractivity contribution in [2.75, 3.05) is 12.4 Å². The van der Waals surface area contributed by atoms with Crippen molar-refractivity contribution in [3.05, 3.63) is 58.6 Å². The fourth-order valence-electron chi connectivity index (χ4n) is 2.21. The zero-order valence-corrected chi connectivity index (χ0v) is 11.6. The summed E-state index contributed by atoms with van der Waals surface area (Å²) < 4.78 is 5.16. The molecule has 1 aliphatic heterocycles. The highest BCUT2D eigenvalue weighted by Crippen LogP contribution is 2.35. The Balaban J connectivity index is 2.06. The summed E-state index contributed by atoms with van der Waals surface area (Å²) in [6.45, 7) is 0. The van der Waals surface area contributed by atoms with Gasteiger partial charge >= 0.3 is 0 Å². The normalized spacial score (nSPS) is 15.1. The van der Waals surface area contributed by atoms with Gasteiger partial charge in [0.2, 0.25) is 0 Å². The van der Waals surface area contributed by atoms with Crippen molar-refractivity contribution < 1.29 is 9.53 Å². The third-order valence-corrected chi connectivity index (χ3v) is 3.40. The first-order chi connectivity index (χ1) is 9.67. The summed E-state index contributed by atoms with van der Waals surface area (Å²) in [5.41, 5.74) is 3.16. The van der Waals surface area contributed by atoms with E-state index in [-0.39, 0.29) is 5.91 Å². The number of amides is 1. The summed E-state index contributed by atoms with van der Waals surface area (Å²) in [5, 5.41) is 3.48. The predicted molar refractivity (Wildman–Crippen MR) is 80.9 cm³/mol. The smallest absolute Gasteiger partial charge is 0.256 e. The van der Waals surface area contributed by atoms with Crippen LogP contribution < -0.4 is 10.1 Å². The van der Waals surface area contributed by atoms with Crippen molar-refractivity contribution in [2.45, 2.75) is 0 Å².